The first-order valence-corrected chi connectivity index (χ1v) is 6.79. The number of nitrogens with zero attached hydrogens (tertiary/aromatic N) is 2. The molecule has 0 radical (unpaired) electrons. The van der Waals surface area contributed by atoms with Gasteiger partial charge in [-0.1, -0.05) is 6.07 Å². The summed E-state index contributed by atoms with van der Waals surface area (Å²) in [5.41, 5.74) is 8.35. The highest BCUT2D eigenvalue weighted by molar-refractivity contribution is 5.98. The number of rotatable bonds is 3. The van der Waals surface area contributed by atoms with E-state index in [9.17, 15) is 4.79 Å². The molecule has 2 heterocycles. The number of ether oxygens (including phenoxy) is 2. The SMILES string of the molecule is COC(=O)c1cc(N)ccc1-c1cnn([C@@H]2CCOC2)c1. The second-order valence-electron chi connectivity index (χ2n) is 5.02. The van der Waals surface area contributed by atoms with Crippen molar-refractivity contribution in [3.63, 3.8) is 0 Å². The number of methoxy groups -OCH3 is 1. The first kappa shape index (κ1) is 13.6. The van der Waals surface area contributed by atoms with Crippen LogP contribution < -0.4 is 5.73 Å². The van der Waals surface area contributed by atoms with Gasteiger partial charge in [0, 0.05) is 24.1 Å². The van der Waals surface area contributed by atoms with E-state index in [1.807, 2.05) is 16.9 Å². The summed E-state index contributed by atoms with van der Waals surface area (Å²) in [6.07, 6.45) is 4.63. The lowest BCUT2D eigenvalue weighted by atomic mass is 10.0. The number of anilines is 1. The highest BCUT2D eigenvalue weighted by atomic mass is 16.5. The molecule has 110 valence electrons. The zero-order chi connectivity index (χ0) is 14.8. The molecule has 2 N–H and O–H groups in total. The molecule has 1 aromatic carbocycles. The Kier molecular flexibility index (Phi) is 3.62. The van der Waals surface area contributed by atoms with Gasteiger partial charge in [-0.25, -0.2) is 4.79 Å². The Labute approximate surface area is 122 Å². The number of carbonyl (C=O) groups excluding carboxylic acids is 1. The number of hydrogen-bond donors (Lipinski definition) is 1. The third kappa shape index (κ3) is 2.62. The maximum atomic E-state index is 11.9. The normalized spacial score (nSPS) is 17.9. The van der Waals surface area contributed by atoms with Crippen molar-refractivity contribution in [3.05, 3.63) is 36.2 Å². The molecular weight excluding hydrogens is 270 g/mol. The summed E-state index contributed by atoms with van der Waals surface area (Å²) in [4.78, 5) is 11.9. The van der Waals surface area contributed by atoms with E-state index in [-0.39, 0.29) is 6.04 Å². The molecule has 2 aromatic rings. The summed E-state index contributed by atoms with van der Waals surface area (Å²) in [7, 11) is 1.36. The Morgan fingerprint density at radius 3 is 3.10 bits per heavy atom. The van der Waals surface area contributed by atoms with Gasteiger partial charge in [-0.15, -0.1) is 0 Å². The van der Waals surface area contributed by atoms with Crippen molar-refractivity contribution in [2.24, 2.45) is 0 Å². The van der Waals surface area contributed by atoms with Gasteiger partial charge in [0.15, 0.2) is 0 Å². The molecule has 1 atom stereocenters. The summed E-state index contributed by atoms with van der Waals surface area (Å²) < 4.78 is 12.1. The van der Waals surface area contributed by atoms with Gasteiger partial charge in [-0.05, 0) is 24.1 Å². The van der Waals surface area contributed by atoms with Gasteiger partial charge in [0.2, 0.25) is 0 Å². The van der Waals surface area contributed by atoms with Crippen LogP contribution in [0.4, 0.5) is 5.69 Å². The lowest BCUT2D eigenvalue weighted by molar-refractivity contribution is 0.0601. The summed E-state index contributed by atoms with van der Waals surface area (Å²) >= 11 is 0. The van der Waals surface area contributed by atoms with E-state index < -0.39 is 5.97 Å². The van der Waals surface area contributed by atoms with Gasteiger partial charge in [-0.2, -0.15) is 5.10 Å². The van der Waals surface area contributed by atoms with Crippen LogP contribution in [0.5, 0.6) is 0 Å². The third-order valence-electron chi connectivity index (χ3n) is 3.64. The topological polar surface area (TPSA) is 79.4 Å². The maximum Gasteiger partial charge on any atom is 0.338 e. The van der Waals surface area contributed by atoms with E-state index in [1.165, 1.54) is 7.11 Å². The highest BCUT2D eigenvalue weighted by Crippen LogP contribution is 2.28. The minimum atomic E-state index is -0.408. The van der Waals surface area contributed by atoms with Crippen LogP contribution in [-0.4, -0.2) is 36.1 Å². The Hall–Kier alpha value is -2.34. The summed E-state index contributed by atoms with van der Waals surface area (Å²) in [6.45, 7) is 1.43. The zero-order valence-corrected chi connectivity index (χ0v) is 11.8. The fourth-order valence-electron chi connectivity index (χ4n) is 2.50. The molecule has 21 heavy (non-hydrogen) atoms. The van der Waals surface area contributed by atoms with E-state index in [0.717, 1.165) is 24.2 Å². The van der Waals surface area contributed by atoms with Gasteiger partial charge in [0.25, 0.3) is 0 Å². The summed E-state index contributed by atoms with van der Waals surface area (Å²) in [5.74, 6) is -0.408. The minimum Gasteiger partial charge on any atom is -0.465 e. The maximum absolute atomic E-state index is 11.9. The molecule has 1 saturated heterocycles. The molecule has 6 heteroatoms. The average Bonchev–Trinajstić information content (AvgIpc) is 3.16. The second kappa shape index (κ2) is 5.57. The van der Waals surface area contributed by atoms with Gasteiger partial charge < -0.3 is 15.2 Å². The van der Waals surface area contributed by atoms with Crippen LogP contribution in [0.3, 0.4) is 0 Å². The number of nitrogen functional groups attached to an aromatic ring is 1. The molecule has 0 unspecified atom stereocenters. The molecule has 0 aliphatic carbocycles. The molecule has 0 bridgehead atoms. The molecular formula is C15H17N3O3. The molecule has 1 aliphatic rings. The van der Waals surface area contributed by atoms with Crippen LogP contribution in [0.25, 0.3) is 11.1 Å². The largest absolute Gasteiger partial charge is 0.465 e. The molecule has 0 spiro atoms. The van der Waals surface area contributed by atoms with E-state index >= 15 is 0 Å². The van der Waals surface area contributed by atoms with Gasteiger partial charge in [0.1, 0.15) is 0 Å². The fourth-order valence-corrected chi connectivity index (χ4v) is 2.50. The van der Waals surface area contributed by atoms with Crippen LogP contribution in [0.15, 0.2) is 30.6 Å². The lowest BCUT2D eigenvalue weighted by Crippen LogP contribution is -2.08. The van der Waals surface area contributed by atoms with Gasteiger partial charge >= 0.3 is 5.97 Å². The van der Waals surface area contributed by atoms with Gasteiger partial charge in [0.05, 0.1) is 31.5 Å². The van der Waals surface area contributed by atoms with Crippen molar-refractivity contribution >= 4 is 11.7 Å². The van der Waals surface area contributed by atoms with Crippen molar-refractivity contribution in [1.82, 2.24) is 9.78 Å². The number of aromatic nitrogens is 2. The summed E-state index contributed by atoms with van der Waals surface area (Å²) in [5, 5.41) is 4.38. The Morgan fingerprint density at radius 1 is 1.52 bits per heavy atom. The van der Waals surface area contributed by atoms with Crippen LogP contribution in [-0.2, 0) is 9.47 Å². The monoisotopic (exact) mass is 287 g/mol. The average molecular weight is 287 g/mol. The number of nitrogens with two attached hydrogens (primary N) is 1. The number of hydrogen-bond acceptors (Lipinski definition) is 5. The van der Waals surface area contributed by atoms with Crippen LogP contribution in [0, 0.1) is 0 Å². The third-order valence-corrected chi connectivity index (χ3v) is 3.64. The molecule has 6 nitrogen and oxygen atoms in total. The Bertz CT molecular complexity index is 660. The number of carbonyl (C=O) groups is 1. The van der Waals surface area contributed by atoms with Crippen molar-refractivity contribution in [3.8, 4) is 11.1 Å². The van der Waals surface area contributed by atoms with Crippen LogP contribution in [0.1, 0.15) is 22.8 Å². The van der Waals surface area contributed by atoms with Crippen LogP contribution >= 0.6 is 0 Å². The second-order valence-corrected chi connectivity index (χ2v) is 5.02. The Morgan fingerprint density at radius 2 is 2.38 bits per heavy atom. The zero-order valence-electron chi connectivity index (χ0n) is 11.8. The fraction of sp³-hybridized carbons (Fsp3) is 0.333. The van der Waals surface area contributed by atoms with Crippen molar-refractivity contribution in [2.45, 2.75) is 12.5 Å². The smallest absolute Gasteiger partial charge is 0.338 e. The molecule has 0 amide bonds. The molecule has 1 aliphatic heterocycles. The lowest BCUT2D eigenvalue weighted by Gasteiger charge is -2.08. The predicted octanol–water partition coefficient (Wildman–Crippen LogP) is 1.88. The van der Waals surface area contributed by atoms with E-state index in [2.05, 4.69) is 5.10 Å². The number of benzene rings is 1. The standard InChI is InChI=1S/C15H17N3O3/c1-20-15(19)14-6-11(16)2-3-13(14)10-7-17-18(8-10)12-4-5-21-9-12/h2-3,6-8,12H,4-5,9,16H2,1H3/t12-/m1/s1. The molecule has 3 rings (SSSR count). The minimum absolute atomic E-state index is 0.258. The molecule has 1 aromatic heterocycles. The number of esters is 1. The molecule has 1 fully saturated rings. The summed E-state index contributed by atoms with van der Waals surface area (Å²) in [6, 6.07) is 5.46. The van der Waals surface area contributed by atoms with Crippen LogP contribution in [0.2, 0.25) is 0 Å². The first-order valence-electron chi connectivity index (χ1n) is 6.79. The Balaban J connectivity index is 1.98. The van der Waals surface area contributed by atoms with E-state index in [4.69, 9.17) is 15.2 Å². The first-order chi connectivity index (χ1) is 10.2. The van der Waals surface area contributed by atoms with E-state index in [1.54, 1.807) is 18.3 Å². The van der Waals surface area contributed by atoms with Gasteiger partial charge in [-0.3, -0.25) is 4.68 Å². The predicted molar refractivity (Wildman–Crippen MR) is 77.9 cm³/mol. The van der Waals surface area contributed by atoms with Crippen molar-refractivity contribution in [1.29, 1.82) is 0 Å². The highest BCUT2D eigenvalue weighted by Gasteiger charge is 2.20. The van der Waals surface area contributed by atoms with Crippen molar-refractivity contribution in [2.75, 3.05) is 26.1 Å². The quantitative estimate of drug-likeness (QED) is 0.688. The van der Waals surface area contributed by atoms with E-state index in [0.29, 0.717) is 17.9 Å². The molecule has 0 saturated carbocycles. The van der Waals surface area contributed by atoms with Crippen molar-refractivity contribution < 1.29 is 14.3 Å².